The van der Waals surface area contributed by atoms with Crippen molar-refractivity contribution in [3.63, 3.8) is 0 Å². The highest BCUT2D eigenvalue weighted by atomic mass is 35.5. The van der Waals surface area contributed by atoms with E-state index in [9.17, 15) is 4.79 Å². The van der Waals surface area contributed by atoms with Crippen molar-refractivity contribution < 1.29 is 9.53 Å². The Morgan fingerprint density at radius 2 is 1.50 bits per heavy atom. The van der Waals surface area contributed by atoms with Gasteiger partial charge in [-0.05, 0) is 23.6 Å². The van der Waals surface area contributed by atoms with Crippen molar-refractivity contribution >= 4 is 29.3 Å². The first kappa shape index (κ1) is 15.2. The smallest absolute Gasteiger partial charge is 0.413 e. The summed E-state index contributed by atoms with van der Waals surface area (Å²) in [4.78, 5) is 11.9. The van der Waals surface area contributed by atoms with E-state index < -0.39 is 16.2 Å². The van der Waals surface area contributed by atoms with Crippen LogP contribution in [0.1, 0.15) is 12.5 Å². The van der Waals surface area contributed by atoms with Gasteiger partial charge in [0.1, 0.15) is 0 Å². The van der Waals surface area contributed by atoms with Gasteiger partial charge in [-0.3, -0.25) is 4.90 Å². The van der Waals surface area contributed by atoms with Crippen molar-refractivity contribution in [1.82, 2.24) is 4.90 Å². The molecule has 114 valence electrons. The van der Waals surface area contributed by atoms with Crippen LogP contribution in [0.4, 0.5) is 4.79 Å². The van der Waals surface area contributed by atoms with Crippen LogP contribution < -0.4 is 0 Å². The maximum atomic E-state index is 11.8. The molecular weight excluding hydrogens is 321 g/mol. The number of likely N-dealkylation sites (N-methyl/N-ethyl adjacent to an activating group) is 1. The molecule has 22 heavy (non-hydrogen) atoms. The molecule has 2 aromatic rings. The number of cyclic esters (lactones) is 1. The number of amides is 1. The molecule has 0 spiro atoms. The predicted molar refractivity (Wildman–Crippen MR) is 87.9 cm³/mol. The fourth-order valence-corrected chi connectivity index (χ4v) is 3.23. The van der Waals surface area contributed by atoms with Crippen molar-refractivity contribution in [2.75, 3.05) is 7.05 Å². The molecule has 0 bridgehead atoms. The first-order chi connectivity index (χ1) is 10.4. The van der Waals surface area contributed by atoms with Crippen LogP contribution in [0.3, 0.4) is 0 Å². The maximum Gasteiger partial charge on any atom is 0.413 e. The minimum atomic E-state index is -1.34. The first-order valence-corrected chi connectivity index (χ1v) is 7.62. The van der Waals surface area contributed by atoms with E-state index in [0.717, 1.165) is 11.1 Å². The Bertz CT molecular complexity index is 700. The summed E-state index contributed by atoms with van der Waals surface area (Å²) in [6.45, 7) is 1.59. The van der Waals surface area contributed by atoms with Gasteiger partial charge in [0.2, 0.25) is 5.06 Å². The number of hydrogen-bond acceptors (Lipinski definition) is 2. The molecule has 5 heteroatoms. The fourth-order valence-electron chi connectivity index (χ4n) is 2.69. The number of hydrogen-bond donors (Lipinski definition) is 0. The normalized spacial score (nSPS) is 27.8. The van der Waals surface area contributed by atoms with Crippen LogP contribution in [-0.2, 0) is 9.73 Å². The zero-order valence-electron chi connectivity index (χ0n) is 12.2. The number of carbonyl (C=O) groups excluding carboxylic acids is 1. The molecule has 2 unspecified atom stereocenters. The molecule has 3 nitrogen and oxygen atoms in total. The number of rotatable bonds is 2. The minimum Gasteiger partial charge on any atom is -0.423 e. The second-order valence-electron chi connectivity index (χ2n) is 5.41. The lowest BCUT2D eigenvalue weighted by atomic mass is 9.97. The maximum absolute atomic E-state index is 11.8. The molecule has 1 heterocycles. The quantitative estimate of drug-likeness (QED) is 0.583. The van der Waals surface area contributed by atoms with Crippen molar-refractivity contribution in [3.05, 3.63) is 60.2 Å². The molecule has 0 radical (unpaired) electrons. The van der Waals surface area contributed by atoms with Gasteiger partial charge in [-0.25, -0.2) is 4.79 Å². The van der Waals surface area contributed by atoms with Gasteiger partial charge in [-0.2, -0.15) is 0 Å². The van der Waals surface area contributed by atoms with Crippen molar-refractivity contribution in [1.29, 1.82) is 0 Å². The Hall–Kier alpha value is -1.71. The third-order valence-electron chi connectivity index (χ3n) is 3.98. The van der Waals surface area contributed by atoms with Crippen LogP contribution in [0, 0.1) is 0 Å². The van der Waals surface area contributed by atoms with Crippen LogP contribution >= 0.6 is 23.2 Å². The van der Waals surface area contributed by atoms with Gasteiger partial charge in [-0.15, -0.1) is 0 Å². The molecule has 2 atom stereocenters. The van der Waals surface area contributed by atoms with Crippen LogP contribution in [0.15, 0.2) is 54.6 Å². The summed E-state index contributed by atoms with van der Waals surface area (Å²) in [6, 6.07) is 17.7. The number of alkyl halides is 2. The van der Waals surface area contributed by atoms with Gasteiger partial charge in [0.05, 0.1) is 0 Å². The van der Waals surface area contributed by atoms with Crippen molar-refractivity contribution in [2.24, 2.45) is 0 Å². The molecule has 0 aliphatic carbocycles. The summed E-state index contributed by atoms with van der Waals surface area (Å²) in [7, 11) is 1.58. The third-order valence-corrected chi connectivity index (χ3v) is 5.26. The van der Waals surface area contributed by atoms with Gasteiger partial charge in [0.25, 0.3) is 0 Å². The van der Waals surface area contributed by atoms with E-state index in [2.05, 4.69) is 0 Å². The predicted octanol–water partition coefficient (Wildman–Crippen LogP) is 4.78. The molecule has 1 aliphatic heterocycles. The van der Waals surface area contributed by atoms with Crippen molar-refractivity contribution in [3.8, 4) is 11.1 Å². The Morgan fingerprint density at radius 3 is 2.00 bits per heavy atom. The largest absolute Gasteiger partial charge is 0.423 e. The molecule has 3 rings (SSSR count). The highest BCUT2D eigenvalue weighted by molar-refractivity contribution is 6.35. The molecule has 0 aromatic heterocycles. The average molecular weight is 336 g/mol. The molecule has 1 amide bonds. The zero-order chi connectivity index (χ0) is 16.0. The lowest BCUT2D eigenvalue weighted by Crippen LogP contribution is -2.45. The van der Waals surface area contributed by atoms with E-state index in [0.29, 0.717) is 5.56 Å². The average Bonchev–Trinajstić information content (AvgIpc) is 2.68. The van der Waals surface area contributed by atoms with E-state index in [1.54, 1.807) is 14.0 Å². The number of nitrogens with zero attached hydrogens (tertiary/aromatic N) is 1. The summed E-state index contributed by atoms with van der Waals surface area (Å²) >= 11 is 13.0. The SMILES string of the molecule is CN1C(=O)OC(C)(Cl)C1(Cl)c1ccc(-c2ccccc2)cc1. The second-order valence-corrected chi connectivity index (χ2v) is 6.68. The fraction of sp³-hybridized carbons (Fsp3) is 0.235. The van der Waals surface area contributed by atoms with Gasteiger partial charge in [-0.1, -0.05) is 77.8 Å². The topological polar surface area (TPSA) is 29.5 Å². The summed E-state index contributed by atoms with van der Waals surface area (Å²) in [5, 5.41) is -1.34. The number of halogens is 2. The van der Waals surface area contributed by atoms with Crippen molar-refractivity contribution in [2.45, 2.75) is 17.0 Å². The number of ether oxygens (including phenoxy) is 1. The van der Waals surface area contributed by atoms with Gasteiger partial charge in [0.15, 0.2) is 5.00 Å². The molecular formula is C17H15Cl2NO2. The summed E-state index contributed by atoms with van der Waals surface area (Å²) in [5.41, 5.74) is 2.88. The third kappa shape index (κ3) is 2.16. The van der Waals surface area contributed by atoms with Crippen LogP contribution in [0.5, 0.6) is 0 Å². The van der Waals surface area contributed by atoms with Crippen LogP contribution in [0.2, 0.25) is 0 Å². The highest BCUT2D eigenvalue weighted by Gasteiger charge is 2.61. The highest BCUT2D eigenvalue weighted by Crippen LogP contribution is 2.51. The van der Waals surface area contributed by atoms with E-state index >= 15 is 0 Å². The van der Waals surface area contributed by atoms with E-state index in [1.165, 1.54) is 4.90 Å². The van der Waals surface area contributed by atoms with Gasteiger partial charge < -0.3 is 4.74 Å². The van der Waals surface area contributed by atoms with Gasteiger partial charge in [0, 0.05) is 7.05 Å². The molecule has 2 aromatic carbocycles. The van der Waals surface area contributed by atoms with E-state index in [-0.39, 0.29) is 0 Å². The summed E-state index contributed by atoms with van der Waals surface area (Å²) < 4.78 is 5.17. The van der Waals surface area contributed by atoms with Crippen LogP contribution in [0.25, 0.3) is 11.1 Å². The number of carbonyl (C=O) groups is 1. The Morgan fingerprint density at radius 1 is 0.955 bits per heavy atom. The first-order valence-electron chi connectivity index (χ1n) is 6.87. The Balaban J connectivity index is 2.01. The van der Waals surface area contributed by atoms with E-state index in [1.807, 2.05) is 54.6 Å². The second kappa shape index (κ2) is 5.18. The molecule has 1 fully saturated rings. The van der Waals surface area contributed by atoms with E-state index in [4.69, 9.17) is 27.9 Å². The Labute approximate surface area is 139 Å². The lowest BCUT2D eigenvalue weighted by molar-refractivity contribution is 0.108. The molecule has 0 saturated carbocycles. The molecule has 1 aliphatic rings. The molecule has 1 saturated heterocycles. The zero-order valence-corrected chi connectivity index (χ0v) is 13.7. The van der Waals surface area contributed by atoms with Crippen LogP contribution in [-0.4, -0.2) is 23.1 Å². The Kier molecular flexibility index (Phi) is 3.58. The standard InChI is InChI=1S/C17H15Cl2NO2/c1-16(18)17(19,20(2)15(21)22-16)14-10-8-13(9-11-14)12-6-4-3-5-7-12/h3-11H,1-2H3. The lowest BCUT2D eigenvalue weighted by Gasteiger charge is -2.34. The number of benzene rings is 2. The summed E-state index contributed by atoms with van der Waals surface area (Å²) in [6.07, 6.45) is -0.542. The monoisotopic (exact) mass is 335 g/mol. The van der Waals surface area contributed by atoms with Gasteiger partial charge >= 0.3 is 6.09 Å². The molecule has 0 N–H and O–H groups in total. The summed E-state index contributed by atoms with van der Waals surface area (Å²) in [5.74, 6) is 0. The minimum absolute atomic E-state index is 0.542.